The van der Waals surface area contributed by atoms with Gasteiger partial charge in [-0.05, 0) is 41.5 Å². The zero-order chi connectivity index (χ0) is 14.2. The second kappa shape index (κ2) is 5.34. The highest BCUT2D eigenvalue weighted by atomic mass is 32.1. The summed E-state index contributed by atoms with van der Waals surface area (Å²) in [6.07, 6.45) is 2.45. The van der Waals surface area contributed by atoms with Gasteiger partial charge in [0.1, 0.15) is 0 Å². The highest BCUT2D eigenvalue weighted by Gasteiger charge is 2.21. The van der Waals surface area contributed by atoms with Crippen molar-refractivity contribution in [2.75, 3.05) is 0 Å². The summed E-state index contributed by atoms with van der Waals surface area (Å²) < 4.78 is 0. The lowest BCUT2D eigenvalue weighted by molar-refractivity contribution is 0.533. The van der Waals surface area contributed by atoms with Gasteiger partial charge in [-0.3, -0.25) is 0 Å². The van der Waals surface area contributed by atoms with Crippen LogP contribution in [0.5, 0.6) is 0 Å². The molecule has 0 saturated heterocycles. The minimum absolute atomic E-state index is 0.267. The fourth-order valence-corrected chi connectivity index (χ4v) is 3.89. The van der Waals surface area contributed by atoms with Crippen molar-refractivity contribution in [1.29, 1.82) is 0 Å². The van der Waals surface area contributed by atoms with E-state index in [0.717, 1.165) is 6.54 Å². The summed E-state index contributed by atoms with van der Waals surface area (Å²) in [7, 11) is 0. The molecular weight excluding hydrogens is 262 g/mol. The van der Waals surface area contributed by atoms with Gasteiger partial charge in [0.05, 0.1) is 0 Å². The summed E-state index contributed by atoms with van der Waals surface area (Å²) in [4.78, 5) is 2.92. The molecule has 1 heterocycles. The van der Waals surface area contributed by atoms with E-state index in [2.05, 4.69) is 62.5 Å². The fraction of sp³-hybridized carbons (Fsp3) is 0.444. The summed E-state index contributed by atoms with van der Waals surface area (Å²) in [6.45, 7) is 7.83. The van der Waals surface area contributed by atoms with Crippen LogP contribution in [0.3, 0.4) is 0 Å². The molecule has 1 atom stereocenters. The Balaban J connectivity index is 1.65. The predicted molar refractivity (Wildman–Crippen MR) is 87.4 cm³/mol. The van der Waals surface area contributed by atoms with Crippen LogP contribution in [0.2, 0.25) is 0 Å². The Kier molecular flexibility index (Phi) is 3.70. The zero-order valence-electron chi connectivity index (χ0n) is 12.6. The Hall–Kier alpha value is -1.12. The van der Waals surface area contributed by atoms with E-state index in [1.54, 1.807) is 0 Å². The highest BCUT2D eigenvalue weighted by Crippen LogP contribution is 2.32. The first-order valence-corrected chi connectivity index (χ1v) is 8.26. The number of hydrogen-bond acceptors (Lipinski definition) is 2. The molecule has 0 amide bonds. The third-order valence-electron chi connectivity index (χ3n) is 4.06. The Morgan fingerprint density at radius 2 is 1.95 bits per heavy atom. The van der Waals surface area contributed by atoms with Crippen LogP contribution in [0.15, 0.2) is 36.4 Å². The molecule has 1 aliphatic carbocycles. The van der Waals surface area contributed by atoms with Gasteiger partial charge in [-0.25, -0.2) is 0 Å². The number of benzene rings is 1. The van der Waals surface area contributed by atoms with Gasteiger partial charge in [-0.15, -0.1) is 11.3 Å². The van der Waals surface area contributed by atoms with Crippen LogP contribution < -0.4 is 5.32 Å². The SMILES string of the molecule is CC(C)(C)c1ccc(CNC2CCc3ccccc32)s1. The average molecular weight is 285 g/mol. The second-order valence-electron chi connectivity index (χ2n) is 6.69. The van der Waals surface area contributed by atoms with Crippen LogP contribution in [-0.4, -0.2) is 0 Å². The fourth-order valence-electron chi connectivity index (χ4n) is 2.87. The lowest BCUT2D eigenvalue weighted by Gasteiger charge is -2.16. The topological polar surface area (TPSA) is 12.0 Å². The smallest absolute Gasteiger partial charge is 0.0329 e. The van der Waals surface area contributed by atoms with Gasteiger partial charge in [-0.2, -0.15) is 0 Å². The summed E-state index contributed by atoms with van der Waals surface area (Å²) in [5.74, 6) is 0. The van der Waals surface area contributed by atoms with Crippen LogP contribution in [0.25, 0.3) is 0 Å². The standard InChI is InChI=1S/C18H23NS/c1-18(2,3)17-11-9-14(20-17)12-19-16-10-8-13-6-4-5-7-15(13)16/h4-7,9,11,16,19H,8,10,12H2,1-3H3. The molecule has 1 aliphatic rings. The van der Waals surface area contributed by atoms with Crippen molar-refractivity contribution in [3.05, 3.63) is 57.3 Å². The molecule has 1 N–H and O–H groups in total. The molecule has 1 aromatic heterocycles. The van der Waals surface area contributed by atoms with E-state index in [0.29, 0.717) is 6.04 Å². The van der Waals surface area contributed by atoms with Crippen LogP contribution in [0.1, 0.15) is 54.1 Å². The maximum Gasteiger partial charge on any atom is 0.0329 e. The van der Waals surface area contributed by atoms with E-state index in [1.807, 2.05) is 11.3 Å². The largest absolute Gasteiger partial charge is 0.305 e. The Labute approximate surface area is 126 Å². The highest BCUT2D eigenvalue weighted by molar-refractivity contribution is 7.12. The molecule has 0 saturated carbocycles. The van der Waals surface area contributed by atoms with Crippen LogP contribution >= 0.6 is 11.3 Å². The van der Waals surface area contributed by atoms with Crippen molar-refractivity contribution in [2.24, 2.45) is 0 Å². The first kappa shape index (κ1) is 13.8. The second-order valence-corrected chi connectivity index (χ2v) is 7.86. The van der Waals surface area contributed by atoms with E-state index in [4.69, 9.17) is 0 Å². The molecule has 0 fully saturated rings. The van der Waals surface area contributed by atoms with Crippen LogP contribution in [0.4, 0.5) is 0 Å². The van der Waals surface area contributed by atoms with Gasteiger partial charge in [0.15, 0.2) is 0 Å². The van der Waals surface area contributed by atoms with Crippen LogP contribution in [-0.2, 0) is 18.4 Å². The van der Waals surface area contributed by atoms with Crippen molar-refractivity contribution >= 4 is 11.3 Å². The quantitative estimate of drug-likeness (QED) is 0.852. The first-order chi connectivity index (χ1) is 9.54. The van der Waals surface area contributed by atoms with Gasteiger partial charge in [0.25, 0.3) is 0 Å². The van der Waals surface area contributed by atoms with E-state index >= 15 is 0 Å². The lowest BCUT2D eigenvalue weighted by atomic mass is 9.95. The lowest BCUT2D eigenvalue weighted by Crippen LogP contribution is -2.18. The average Bonchev–Trinajstić information content (AvgIpc) is 3.02. The molecule has 0 bridgehead atoms. The molecule has 20 heavy (non-hydrogen) atoms. The van der Waals surface area contributed by atoms with Gasteiger partial charge >= 0.3 is 0 Å². The number of nitrogens with one attached hydrogen (secondary N) is 1. The molecule has 2 aromatic rings. The minimum atomic E-state index is 0.267. The number of aryl methyl sites for hydroxylation is 1. The molecule has 1 nitrogen and oxygen atoms in total. The monoisotopic (exact) mass is 285 g/mol. The van der Waals surface area contributed by atoms with Crippen molar-refractivity contribution in [2.45, 2.75) is 51.6 Å². The maximum atomic E-state index is 3.73. The third kappa shape index (κ3) is 2.82. The van der Waals surface area contributed by atoms with Crippen molar-refractivity contribution < 1.29 is 0 Å². The molecular formula is C18H23NS. The van der Waals surface area contributed by atoms with E-state index in [9.17, 15) is 0 Å². The number of rotatable bonds is 3. The van der Waals surface area contributed by atoms with Gasteiger partial charge < -0.3 is 5.32 Å². The summed E-state index contributed by atoms with van der Waals surface area (Å²) in [5, 5.41) is 3.73. The van der Waals surface area contributed by atoms with Crippen molar-refractivity contribution in [3.63, 3.8) is 0 Å². The van der Waals surface area contributed by atoms with Gasteiger partial charge in [0.2, 0.25) is 0 Å². The molecule has 2 heteroatoms. The summed E-state index contributed by atoms with van der Waals surface area (Å²) >= 11 is 1.94. The van der Waals surface area contributed by atoms with Gasteiger partial charge in [-0.1, -0.05) is 45.0 Å². The normalized spacial score (nSPS) is 18.2. The number of thiophene rings is 1. The molecule has 1 unspecified atom stereocenters. The molecule has 3 rings (SSSR count). The molecule has 0 aliphatic heterocycles. The van der Waals surface area contributed by atoms with Gasteiger partial charge in [0, 0.05) is 22.3 Å². The van der Waals surface area contributed by atoms with E-state index < -0.39 is 0 Å². The first-order valence-electron chi connectivity index (χ1n) is 7.44. The van der Waals surface area contributed by atoms with Crippen molar-refractivity contribution in [3.8, 4) is 0 Å². The van der Waals surface area contributed by atoms with E-state index in [1.165, 1.54) is 33.7 Å². The maximum absolute atomic E-state index is 3.73. The van der Waals surface area contributed by atoms with Crippen LogP contribution in [0, 0.1) is 0 Å². The predicted octanol–water partition coefficient (Wildman–Crippen LogP) is 4.82. The zero-order valence-corrected chi connectivity index (χ0v) is 13.4. The molecule has 106 valence electrons. The molecule has 0 spiro atoms. The Morgan fingerprint density at radius 3 is 2.70 bits per heavy atom. The molecule has 1 aromatic carbocycles. The number of hydrogen-bond donors (Lipinski definition) is 1. The summed E-state index contributed by atoms with van der Waals surface area (Å²) in [5.41, 5.74) is 3.29. The number of fused-ring (bicyclic) bond motifs is 1. The molecule has 0 radical (unpaired) electrons. The Bertz CT molecular complexity index is 591. The van der Waals surface area contributed by atoms with E-state index in [-0.39, 0.29) is 5.41 Å². The summed E-state index contributed by atoms with van der Waals surface area (Å²) in [6, 6.07) is 13.9. The Morgan fingerprint density at radius 1 is 1.15 bits per heavy atom. The third-order valence-corrected chi connectivity index (χ3v) is 5.57. The van der Waals surface area contributed by atoms with Crippen molar-refractivity contribution in [1.82, 2.24) is 5.32 Å². The minimum Gasteiger partial charge on any atom is -0.305 e.